The van der Waals surface area contributed by atoms with Crippen LogP contribution in [-0.2, 0) is 22.5 Å². The first kappa shape index (κ1) is 18.5. The summed E-state index contributed by atoms with van der Waals surface area (Å²) in [5.74, 6) is -0.251. The molecule has 0 saturated carbocycles. The minimum absolute atomic E-state index is 0.208. The van der Waals surface area contributed by atoms with Crippen molar-refractivity contribution in [3.63, 3.8) is 0 Å². The van der Waals surface area contributed by atoms with Crippen LogP contribution in [0.2, 0.25) is 5.02 Å². The predicted octanol–water partition coefficient (Wildman–Crippen LogP) is 5.53. The van der Waals surface area contributed by atoms with Gasteiger partial charge in [-0.1, -0.05) is 17.7 Å². The highest BCUT2D eigenvalue weighted by atomic mass is 35.5. The minimum atomic E-state index is -0.251. The quantitative estimate of drug-likeness (QED) is 0.407. The molecule has 4 nitrogen and oxygen atoms in total. The highest BCUT2D eigenvalue weighted by molar-refractivity contribution is 7.17. The summed E-state index contributed by atoms with van der Waals surface area (Å²) in [6, 6.07) is 13.6. The molecule has 0 unspecified atom stereocenters. The number of rotatable bonds is 5. The number of nitrogens with zero attached hydrogens (tertiary/aromatic N) is 2. The first-order chi connectivity index (χ1) is 13.6. The van der Waals surface area contributed by atoms with Gasteiger partial charge in [-0.25, -0.2) is 0 Å². The molecule has 0 amide bonds. The smallest absolute Gasteiger partial charge is 0.310 e. The maximum Gasteiger partial charge on any atom is 0.310 e. The summed E-state index contributed by atoms with van der Waals surface area (Å²) < 4.78 is 8.38. The number of ether oxygens (including phenoxy) is 1. The number of carbonyl (C=O) groups excluding carboxylic acids is 1. The van der Waals surface area contributed by atoms with Crippen LogP contribution in [0.1, 0.15) is 23.6 Å². The van der Waals surface area contributed by atoms with Crippen molar-refractivity contribution in [3.8, 4) is 6.07 Å². The van der Waals surface area contributed by atoms with Crippen molar-refractivity contribution >= 4 is 49.9 Å². The average Bonchev–Trinajstić information content (AvgIpc) is 3.23. The van der Waals surface area contributed by atoms with E-state index < -0.39 is 0 Å². The lowest BCUT2D eigenvalue weighted by Gasteiger charge is -2.05. The summed E-state index contributed by atoms with van der Waals surface area (Å²) in [4.78, 5) is 12.0. The molecule has 2 aromatic heterocycles. The first-order valence-corrected chi connectivity index (χ1v) is 10.2. The molecule has 0 N–H and O–H groups in total. The standard InChI is InChI=1S/C22H17ClN2O2S/c1-2-27-22(26)8-15-11-25(20-7-14(10-24)3-5-18(15)20)12-16-13-28-21-6-4-17(23)9-19(16)21/h3-7,9,11,13H,2,8,12H2,1H3. The molecule has 4 aromatic rings. The van der Waals surface area contributed by atoms with Gasteiger partial charge in [0.1, 0.15) is 0 Å². The number of esters is 1. The Balaban J connectivity index is 1.79. The van der Waals surface area contributed by atoms with Crippen LogP contribution in [0.5, 0.6) is 0 Å². The lowest BCUT2D eigenvalue weighted by molar-refractivity contribution is -0.142. The number of fused-ring (bicyclic) bond motifs is 2. The summed E-state index contributed by atoms with van der Waals surface area (Å²) in [7, 11) is 0. The van der Waals surface area contributed by atoms with Gasteiger partial charge in [0.25, 0.3) is 0 Å². The van der Waals surface area contributed by atoms with Crippen LogP contribution >= 0.6 is 22.9 Å². The van der Waals surface area contributed by atoms with Crippen molar-refractivity contribution < 1.29 is 9.53 Å². The molecule has 0 atom stereocenters. The minimum Gasteiger partial charge on any atom is -0.466 e. The van der Waals surface area contributed by atoms with Crippen molar-refractivity contribution in [1.82, 2.24) is 4.57 Å². The van der Waals surface area contributed by atoms with E-state index in [0.717, 1.165) is 27.4 Å². The van der Waals surface area contributed by atoms with Crippen molar-refractivity contribution in [1.29, 1.82) is 5.26 Å². The van der Waals surface area contributed by atoms with E-state index in [9.17, 15) is 10.1 Å². The van der Waals surface area contributed by atoms with Crippen molar-refractivity contribution in [2.24, 2.45) is 0 Å². The van der Waals surface area contributed by atoms with Gasteiger partial charge in [0.2, 0.25) is 0 Å². The Morgan fingerprint density at radius 3 is 2.86 bits per heavy atom. The van der Waals surface area contributed by atoms with E-state index in [1.807, 2.05) is 36.5 Å². The molecule has 0 radical (unpaired) electrons. The maximum absolute atomic E-state index is 12.0. The summed E-state index contributed by atoms with van der Waals surface area (Å²) in [6.07, 6.45) is 2.19. The first-order valence-electron chi connectivity index (χ1n) is 8.92. The fraction of sp³-hybridized carbons (Fsp3) is 0.182. The van der Waals surface area contributed by atoms with Gasteiger partial charge in [0, 0.05) is 33.4 Å². The molecule has 0 saturated heterocycles. The Labute approximate surface area is 171 Å². The van der Waals surface area contributed by atoms with Crippen LogP contribution < -0.4 is 0 Å². The van der Waals surface area contributed by atoms with Crippen LogP contribution in [0.15, 0.2) is 48.0 Å². The summed E-state index contributed by atoms with van der Waals surface area (Å²) >= 11 is 7.87. The lowest BCUT2D eigenvalue weighted by Crippen LogP contribution is -2.07. The second-order valence-electron chi connectivity index (χ2n) is 6.51. The van der Waals surface area contributed by atoms with E-state index in [0.29, 0.717) is 23.7 Å². The Morgan fingerprint density at radius 2 is 2.07 bits per heavy atom. The molecule has 0 spiro atoms. The SMILES string of the molecule is CCOC(=O)Cc1cn(Cc2csc3ccc(Cl)cc23)c2cc(C#N)ccc12. The predicted molar refractivity (Wildman–Crippen MR) is 113 cm³/mol. The Morgan fingerprint density at radius 1 is 1.21 bits per heavy atom. The van der Waals surface area contributed by atoms with E-state index >= 15 is 0 Å². The topological polar surface area (TPSA) is 55.0 Å². The van der Waals surface area contributed by atoms with Gasteiger partial charge in [-0.15, -0.1) is 11.3 Å². The Kier molecular flexibility index (Phi) is 5.08. The van der Waals surface area contributed by atoms with Gasteiger partial charge in [-0.2, -0.15) is 5.26 Å². The second kappa shape index (κ2) is 7.67. The van der Waals surface area contributed by atoms with E-state index in [-0.39, 0.29) is 12.4 Å². The molecule has 4 rings (SSSR count). The highest BCUT2D eigenvalue weighted by Crippen LogP contribution is 2.31. The third kappa shape index (κ3) is 3.49. The third-order valence-electron chi connectivity index (χ3n) is 4.69. The van der Waals surface area contributed by atoms with Crippen molar-refractivity contribution in [2.75, 3.05) is 6.61 Å². The van der Waals surface area contributed by atoms with Gasteiger partial charge in [-0.3, -0.25) is 4.79 Å². The van der Waals surface area contributed by atoms with Gasteiger partial charge >= 0.3 is 5.97 Å². The number of benzene rings is 2. The zero-order valence-corrected chi connectivity index (χ0v) is 16.8. The summed E-state index contributed by atoms with van der Waals surface area (Å²) in [5.41, 5.74) is 3.58. The number of nitriles is 1. The molecule has 0 aliphatic rings. The Bertz CT molecular complexity index is 1230. The number of aromatic nitrogens is 1. The van der Waals surface area contributed by atoms with E-state index in [1.165, 1.54) is 4.70 Å². The van der Waals surface area contributed by atoms with Crippen molar-refractivity contribution in [2.45, 2.75) is 19.9 Å². The molecular weight excluding hydrogens is 392 g/mol. The zero-order valence-electron chi connectivity index (χ0n) is 15.2. The molecule has 0 aliphatic heterocycles. The second-order valence-corrected chi connectivity index (χ2v) is 7.86. The third-order valence-corrected chi connectivity index (χ3v) is 5.94. The van der Waals surface area contributed by atoms with Crippen LogP contribution in [0, 0.1) is 11.3 Å². The lowest BCUT2D eigenvalue weighted by atomic mass is 10.1. The van der Waals surface area contributed by atoms with E-state index in [1.54, 1.807) is 24.3 Å². The fourth-order valence-electron chi connectivity index (χ4n) is 3.44. The van der Waals surface area contributed by atoms with Crippen molar-refractivity contribution in [3.05, 3.63) is 69.7 Å². The van der Waals surface area contributed by atoms with Crippen LogP contribution in [0.25, 0.3) is 21.0 Å². The highest BCUT2D eigenvalue weighted by Gasteiger charge is 2.15. The van der Waals surface area contributed by atoms with Crippen LogP contribution in [0.3, 0.4) is 0 Å². The molecule has 0 aliphatic carbocycles. The molecule has 0 bridgehead atoms. The van der Waals surface area contributed by atoms with Crippen LogP contribution in [-0.4, -0.2) is 17.1 Å². The molecule has 2 aromatic carbocycles. The van der Waals surface area contributed by atoms with Gasteiger partial charge in [-0.05, 0) is 59.1 Å². The number of thiophene rings is 1. The molecule has 28 heavy (non-hydrogen) atoms. The Hall–Kier alpha value is -2.81. The van der Waals surface area contributed by atoms with E-state index in [4.69, 9.17) is 16.3 Å². The zero-order chi connectivity index (χ0) is 19.7. The molecule has 140 valence electrons. The number of halogens is 1. The fourth-order valence-corrected chi connectivity index (χ4v) is 4.54. The normalized spacial score (nSPS) is 11.0. The largest absolute Gasteiger partial charge is 0.466 e. The van der Waals surface area contributed by atoms with Gasteiger partial charge < -0.3 is 9.30 Å². The van der Waals surface area contributed by atoms with Gasteiger partial charge in [0.15, 0.2) is 0 Å². The monoisotopic (exact) mass is 408 g/mol. The molecule has 6 heteroatoms. The average molecular weight is 409 g/mol. The summed E-state index contributed by atoms with van der Waals surface area (Å²) in [5, 5.41) is 14.2. The van der Waals surface area contributed by atoms with E-state index in [2.05, 4.69) is 16.0 Å². The number of hydrogen-bond acceptors (Lipinski definition) is 4. The molecule has 2 heterocycles. The van der Waals surface area contributed by atoms with Gasteiger partial charge in [0.05, 0.1) is 24.7 Å². The number of carbonyl (C=O) groups is 1. The molecule has 0 fully saturated rings. The maximum atomic E-state index is 12.0. The van der Waals surface area contributed by atoms with Crippen LogP contribution in [0.4, 0.5) is 0 Å². The molecular formula is C22H17ClN2O2S. The summed E-state index contributed by atoms with van der Waals surface area (Å²) in [6.45, 7) is 2.79. The number of hydrogen-bond donors (Lipinski definition) is 0.